The highest BCUT2D eigenvalue weighted by Crippen LogP contribution is 2.27. The fourth-order valence-electron chi connectivity index (χ4n) is 2.45. The first kappa shape index (κ1) is 16.1. The molecule has 1 aromatic rings. The van der Waals surface area contributed by atoms with E-state index in [0.29, 0.717) is 5.75 Å². The SMILES string of the molecule is CC(C)(C)CC(C)(C)NC(=O)CSc1ccccc1. The molecule has 1 amide bonds. The molecular weight excluding hydrogens is 254 g/mol. The van der Waals surface area contributed by atoms with E-state index < -0.39 is 0 Å². The summed E-state index contributed by atoms with van der Waals surface area (Å²) in [5, 5.41) is 3.12. The van der Waals surface area contributed by atoms with Crippen molar-refractivity contribution in [1.82, 2.24) is 5.32 Å². The Morgan fingerprint density at radius 1 is 1.11 bits per heavy atom. The molecule has 0 saturated heterocycles. The van der Waals surface area contributed by atoms with Gasteiger partial charge in [0.05, 0.1) is 5.75 Å². The van der Waals surface area contributed by atoms with Gasteiger partial charge in [0.25, 0.3) is 0 Å². The minimum atomic E-state index is -0.160. The second-order valence-electron chi connectivity index (χ2n) is 6.77. The summed E-state index contributed by atoms with van der Waals surface area (Å²) in [6.45, 7) is 10.8. The Labute approximate surface area is 121 Å². The predicted molar refractivity (Wildman–Crippen MR) is 83.5 cm³/mol. The van der Waals surface area contributed by atoms with Crippen LogP contribution in [0.15, 0.2) is 35.2 Å². The molecule has 1 rings (SSSR count). The Morgan fingerprint density at radius 2 is 1.68 bits per heavy atom. The molecule has 0 aromatic heterocycles. The average molecular weight is 279 g/mol. The highest BCUT2D eigenvalue weighted by atomic mass is 32.2. The fraction of sp³-hybridized carbons (Fsp3) is 0.562. The van der Waals surface area contributed by atoms with Crippen molar-refractivity contribution in [1.29, 1.82) is 0 Å². The number of carbonyl (C=O) groups is 1. The lowest BCUT2D eigenvalue weighted by Crippen LogP contribution is -2.46. The molecule has 0 bridgehead atoms. The van der Waals surface area contributed by atoms with Crippen molar-refractivity contribution < 1.29 is 4.79 Å². The molecule has 0 aliphatic rings. The molecule has 1 N–H and O–H groups in total. The first-order chi connectivity index (χ1) is 8.68. The van der Waals surface area contributed by atoms with E-state index in [-0.39, 0.29) is 16.9 Å². The van der Waals surface area contributed by atoms with E-state index in [2.05, 4.69) is 39.9 Å². The van der Waals surface area contributed by atoms with Gasteiger partial charge in [-0.2, -0.15) is 0 Å². The van der Waals surface area contributed by atoms with Crippen LogP contribution >= 0.6 is 11.8 Å². The van der Waals surface area contributed by atoms with Crippen molar-refractivity contribution in [3.8, 4) is 0 Å². The summed E-state index contributed by atoms with van der Waals surface area (Å²) in [6, 6.07) is 10.0. The molecule has 0 unspecified atom stereocenters. The van der Waals surface area contributed by atoms with Gasteiger partial charge in [0.15, 0.2) is 0 Å². The molecule has 0 spiro atoms. The zero-order valence-corrected chi connectivity index (χ0v) is 13.4. The molecular formula is C16H25NOS. The van der Waals surface area contributed by atoms with E-state index in [1.807, 2.05) is 30.3 Å². The first-order valence-corrected chi connectivity index (χ1v) is 7.65. The van der Waals surface area contributed by atoms with Crippen molar-refractivity contribution in [2.75, 3.05) is 5.75 Å². The standard InChI is InChI=1S/C16H25NOS/c1-15(2,3)12-16(4,5)17-14(18)11-19-13-9-7-6-8-10-13/h6-10H,11-12H2,1-5H3,(H,17,18). The molecule has 0 fully saturated rings. The number of thioether (sulfide) groups is 1. The third-order valence-corrected chi connectivity index (χ3v) is 3.58. The molecule has 0 radical (unpaired) electrons. The Balaban J connectivity index is 2.43. The summed E-state index contributed by atoms with van der Waals surface area (Å²) in [5.74, 6) is 0.570. The predicted octanol–water partition coefficient (Wildman–Crippen LogP) is 4.11. The van der Waals surface area contributed by atoms with E-state index in [4.69, 9.17) is 0 Å². The van der Waals surface area contributed by atoms with Crippen LogP contribution in [0, 0.1) is 5.41 Å². The normalized spacial score (nSPS) is 12.3. The molecule has 0 aliphatic heterocycles. The number of rotatable bonds is 5. The van der Waals surface area contributed by atoms with E-state index in [1.54, 1.807) is 11.8 Å². The zero-order valence-electron chi connectivity index (χ0n) is 12.6. The summed E-state index contributed by atoms with van der Waals surface area (Å²) < 4.78 is 0. The largest absolute Gasteiger partial charge is 0.350 e. The van der Waals surface area contributed by atoms with E-state index >= 15 is 0 Å². The molecule has 0 atom stereocenters. The number of carbonyl (C=O) groups excluding carboxylic acids is 1. The molecule has 3 heteroatoms. The van der Waals surface area contributed by atoms with Crippen molar-refractivity contribution in [2.24, 2.45) is 5.41 Å². The van der Waals surface area contributed by atoms with Gasteiger partial charge in [-0.15, -0.1) is 11.8 Å². The Kier molecular flexibility index (Phi) is 5.48. The number of hydrogen-bond acceptors (Lipinski definition) is 2. The van der Waals surface area contributed by atoms with Crippen LogP contribution in [0.4, 0.5) is 0 Å². The maximum Gasteiger partial charge on any atom is 0.230 e. The Hall–Kier alpha value is -0.960. The van der Waals surface area contributed by atoms with Gasteiger partial charge >= 0.3 is 0 Å². The summed E-state index contributed by atoms with van der Waals surface area (Å²) >= 11 is 1.58. The first-order valence-electron chi connectivity index (χ1n) is 6.67. The zero-order chi connectivity index (χ0) is 14.5. The maximum atomic E-state index is 12.0. The summed E-state index contributed by atoms with van der Waals surface area (Å²) in [5.41, 5.74) is 0.0515. The van der Waals surface area contributed by atoms with Gasteiger partial charge in [0.1, 0.15) is 0 Å². The highest BCUT2D eigenvalue weighted by Gasteiger charge is 2.26. The molecule has 0 saturated carbocycles. The molecule has 1 aromatic carbocycles. The lowest BCUT2D eigenvalue weighted by atomic mass is 9.82. The second kappa shape index (κ2) is 6.47. The number of nitrogens with one attached hydrogen (secondary N) is 1. The summed E-state index contributed by atoms with van der Waals surface area (Å²) in [6.07, 6.45) is 0.960. The van der Waals surface area contributed by atoms with Gasteiger partial charge in [0, 0.05) is 10.4 Å². The van der Waals surface area contributed by atoms with Crippen LogP contribution in [0.3, 0.4) is 0 Å². The van der Waals surface area contributed by atoms with Crippen LogP contribution in [0.25, 0.3) is 0 Å². The van der Waals surface area contributed by atoms with Gasteiger partial charge in [-0.1, -0.05) is 39.0 Å². The van der Waals surface area contributed by atoms with Crippen molar-refractivity contribution >= 4 is 17.7 Å². The fourth-order valence-corrected chi connectivity index (χ4v) is 3.17. The second-order valence-corrected chi connectivity index (χ2v) is 7.82. The number of benzene rings is 1. The van der Waals surface area contributed by atoms with Crippen LogP contribution in [-0.4, -0.2) is 17.2 Å². The Bertz CT molecular complexity index is 407. The lowest BCUT2D eigenvalue weighted by molar-refractivity contribution is -0.120. The summed E-state index contributed by atoms with van der Waals surface area (Å²) in [4.78, 5) is 13.1. The van der Waals surface area contributed by atoms with Gasteiger partial charge < -0.3 is 5.32 Å². The number of amides is 1. The van der Waals surface area contributed by atoms with Crippen LogP contribution < -0.4 is 5.32 Å². The molecule has 0 aliphatic carbocycles. The van der Waals surface area contributed by atoms with Gasteiger partial charge in [-0.05, 0) is 37.8 Å². The number of hydrogen-bond donors (Lipinski definition) is 1. The van der Waals surface area contributed by atoms with E-state index in [0.717, 1.165) is 11.3 Å². The Morgan fingerprint density at radius 3 is 2.21 bits per heavy atom. The van der Waals surface area contributed by atoms with Crippen LogP contribution in [0.2, 0.25) is 0 Å². The van der Waals surface area contributed by atoms with Gasteiger partial charge in [-0.25, -0.2) is 0 Å². The highest BCUT2D eigenvalue weighted by molar-refractivity contribution is 8.00. The quantitative estimate of drug-likeness (QED) is 0.822. The maximum absolute atomic E-state index is 12.0. The molecule has 2 nitrogen and oxygen atoms in total. The molecule has 0 heterocycles. The average Bonchev–Trinajstić information content (AvgIpc) is 2.23. The third-order valence-electron chi connectivity index (χ3n) is 2.56. The summed E-state index contributed by atoms with van der Waals surface area (Å²) in [7, 11) is 0. The van der Waals surface area contributed by atoms with Crippen molar-refractivity contribution in [3.63, 3.8) is 0 Å². The third kappa shape index (κ3) is 7.26. The minimum absolute atomic E-state index is 0.100. The lowest BCUT2D eigenvalue weighted by Gasteiger charge is -2.33. The van der Waals surface area contributed by atoms with E-state index in [9.17, 15) is 4.79 Å². The smallest absolute Gasteiger partial charge is 0.230 e. The minimum Gasteiger partial charge on any atom is -0.350 e. The van der Waals surface area contributed by atoms with Crippen LogP contribution in [-0.2, 0) is 4.79 Å². The monoisotopic (exact) mass is 279 g/mol. The molecule has 106 valence electrons. The van der Waals surface area contributed by atoms with Crippen LogP contribution in [0.5, 0.6) is 0 Å². The topological polar surface area (TPSA) is 29.1 Å². The van der Waals surface area contributed by atoms with Crippen molar-refractivity contribution in [2.45, 2.75) is 51.5 Å². The van der Waals surface area contributed by atoms with Gasteiger partial charge in [0.2, 0.25) is 5.91 Å². The molecule has 19 heavy (non-hydrogen) atoms. The van der Waals surface area contributed by atoms with Crippen LogP contribution in [0.1, 0.15) is 41.0 Å². The van der Waals surface area contributed by atoms with E-state index in [1.165, 1.54) is 0 Å². The van der Waals surface area contributed by atoms with Crippen molar-refractivity contribution in [3.05, 3.63) is 30.3 Å². The van der Waals surface area contributed by atoms with Gasteiger partial charge in [-0.3, -0.25) is 4.79 Å².